The number of rotatable bonds is 20. The first-order chi connectivity index (χ1) is 30.6. The van der Waals surface area contributed by atoms with E-state index in [1.165, 1.54) is 11.8 Å². The second-order valence-electron chi connectivity index (χ2n) is 16.0. The van der Waals surface area contributed by atoms with Gasteiger partial charge in [0.2, 0.25) is 4.38 Å². The molecule has 4 saturated heterocycles. The lowest BCUT2D eigenvalue weighted by Gasteiger charge is -2.58. The first-order valence-corrected chi connectivity index (χ1v) is 23.1. The third-order valence-electron chi connectivity index (χ3n) is 11.8. The van der Waals surface area contributed by atoms with Crippen LogP contribution in [0.25, 0.3) is 0 Å². The van der Waals surface area contributed by atoms with E-state index in [-0.39, 0.29) is 24.7 Å². The molecule has 11 heteroatoms. The maximum Gasteiger partial charge on any atom is 0.220 e. The molecule has 4 aliphatic rings. The maximum atomic E-state index is 7.29. The lowest BCUT2D eigenvalue weighted by molar-refractivity contribution is -0.403. The topological polar surface area (TPSA) is 83.1 Å². The lowest BCUT2D eigenvalue weighted by atomic mass is 9.71. The molecule has 0 N–H and O–H groups in total. The van der Waals surface area contributed by atoms with E-state index < -0.39 is 36.1 Å². The molecule has 0 aromatic heterocycles. The number of benzene rings is 5. The van der Waals surface area contributed by atoms with Crippen LogP contribution in [0.5, 0.6) is 0 Å². The predicted octanol–water partition coefficient (Wildman–Crippen LogP) is 9.36. The third-order valence-corrected chi connectivity index (χ3v) is 12.8. The Balaban J connectivity index is 1.17. The fourth-order valence-electron chi connectivity index (χ4n) is 8.71. The molecule has 9 unspecified atom stereocenters. The van der Waals surface area contributed by atoms with Gasteiger partial charge in [-0.2, -0.15) is 0 Å². The van der Waals surface area contributed by atoms with Crippen molar-refractivity contribution in [1.82, 2.24) is 0 Å². The second kappa shape index (κ2) is 22.6. The third kappa shape index (κ3) is 11.8. The Morgan fingerprint density at radius 3 is 1.68 bits per heavy atom. The highest BCUT2D eigenvalue weighted by Gasteiger charge is 2.63. The molecule has 326 valence electrons. The molecule has 2 bridgehead atoms. The van der Waals surface area contributed by atoms with Crippen LogP contribution in [-0.2, 0) is 75.7 Å². The normalized spacial score (nSPS) is 26.2. The van der Waals surface area contributed by atoms with Crippen molar-refractivity contribution >= 4 is 28.4 Å². The zero-order valence-corrected chi connectivity index (χ0v) is 36.7. The largest absolute Gasteiger partial charge is 0.472 e. The van der Waals surface area contributed by atoms with Gasteiger partial charge in [-0.15, -0.1) is 0 Å². The van der Waals surface area contributed by atoms with Crippen LogP contribution in [0.15, 0.2) is 152 Å². The Hall–Kier alpha value is -3.98. The average Bonchev–Trinajstić information content (AvgIpc) is 3.33. The quantitative estimate of drug-likeness (QED) is 0.0702. The summed E-state index contributed by atoms with van der Waals surface area (Å²) < 4.78 is 62.1. The summed E-state index contributed by atoms with van der Waals surface area (Å²) in [6, 6.07) is 50.8. The molecule has 5 aromatic rings. The molecule has 9 rings (SSSR count). The van der Waals surface area contributed by atoms with Gasteiger partial charge >= 0.3 is 0 Å². The number of hydrogen-bond acceptors (Lipinski definition) is 11. The lowest BCUT2D eigenvalue weighted by Crippen LogP contribution is -2.71. The Morgan fingerprint density at radius 1 is 0.661 bits per heavy atom. The van der Waals surface area contributed by atoms with E-state index in [0.717, 1.165) is 27.8 Å². The van der Waals surface area contributed by atoms with Gasteiger partial charge in [0.25, 0.3) is 0 Å². The van der Waals surface area contributed by atoms with Crippen molar-refractivity contribution < 1.29 is 42.6 Å². The zero-order valence-electron chi connectivity index (χ0n) is 35.1. The summed E-state index contributed by atoms with van der Waals surface area (Å²) in [5.41, 5.74) is 5.26. The Morgan fingerprint density at radius 2 is 1.16 bits per heavy atom. The zero-order chi connectivity index (χ0) is 42.4. The fraction of sp³-hybridized carbons (Fsp3) is 0.392. The Labute approximate surface area is 375 Å². The molecule has 9 atom stereocenters. The Kier molecular flexibility index (Phi) is 16.3. The van der Waals surface area contributed by atoms with Crippen LogP contribution in [0.4, 0.5) is 0 Å². The van der Waals surface area contributed by atoms with Crippen LogP contribution >= 0.6 is 24.0 Å². The van der Waals surface area contributed by atoms with E-state index in [2.05, 4.69) is 48.5 Å². The minimum Gasteiger partial charge on any atom is -0.472 e. The molecule has 0 amide bonds. The number of ether oxygens (including phenoxy) is 9. The average molecular weight is 877 g/mol. The minimum atomic E-state index is -1.24. The van der Waals surface area contributed by atoms with Crippen LogP contribution in [0.1, 0.15) is 34.2 Å². The summed E-state index contributed by atoms with van der Waals surface area (Å²) in [5.74, 6) is -1.95. The molecule has 0 saturated carbocycles. The molecule has 4 aliphatic heterocycles. The molecule has 0 radical (unpaired) electrons. The predicted molar refractivity (Wildman–Crippen MR) is 243 cm³/mol. The first kappa shape index (κ1) is 44.6. The standard InChI is InChI=1S/C51H56O9S2/c1-62-50(61)60-48(46-43(34-53-29-38-19-9-3-10-20-38)45-35-58-51(46,36-56-45)57-32-41-25-15-6-16-26-41)49-47(55-31-40-23-13-5-14-24-40)44(54-30-39-21-11-4-12-22-39)27-42(59-49)33-52-28-37-17-7-2-8-18-37/h2-26,42-49H,27-36H2,1H3. The molecule has 0 spiro atoms. The molecule has 4 fully saturated rings. The highest BCUT2D eigenvalue weighted by atomic mass is 32.2. The van der Waals surface area contributed by atoms with Crippen molar-refractivity contribution in [3.63, 3.8) is 0 Å². The van der Waals surface area contributed by atoms with Gasteiger partial charge in [-0.1, -0.05) is 163 Å². The molecule has 9 nitrogen and oxygen atoms in total. The molecule has 4 heterocycles. The van der Waals surface area contributed by atoms with E-state index in [1.54, 1.807) is 0 Å². The van der Waals surface area contributed by atoms with Gasteiger partial charge < -0.3 is 42.6 Å². The van der Waals surface area contributed by atoms with Crippen LogP contribution in [0.2, 0.25) is 0 Å². The number of fused-ring (bicyclic) bond motifs is 3. The second-order valence-corrected chi connectivity index (χ2v) is 17.4. The number of thiocarbonyl (C=S) groups is 1. The monoisotopic (exact) mass is 876 g/mol. The maximum absolute atomic E-state index is 7.29. The summed E-state index contributed by atoms with van der Waals surface area (Å²) in [5, 5.41) is 0. The van der Waals surface area contributed by atoms with E-state index >= 15 is 0 Å². The van der Waals surface area contributed by atoms with E-state index in [9.17, 15) is 0 Å². The van der Waals surface area contributed by atoms with Gasteiger partial charge in [0.05, 0.1) is 77.1 Å². The highest BCUT2D eigenvalue weighted by Crippen LogP contribution is 2.49. The van der Waals surface area contributed by atoms with Crippen molar-refractivity contribution in [3.05, 3.63) is 179 Å². The number of thioether (sulfide) groups is 1. The van der Waals surface area contributed by atoms with Crippen molar-refractivity contribution in [2.75, 3.05) is 32.7 Å². The molecule has 62 heavy (non-hydrogen) atoms. The van der Waals surface area contributed by atoms with E-state index in [1.807, 2.05) is 109 Å². The molecule has 0 aliphatic carbocycles. The van der Waals surface area contributed by atoms with Gasteiger partial charge in [-0.25, -0.2) is 0 Å². The molecular formula is C51H56O9S2. The van der Waals surface area contributed by atoms with Crippen LogP contribution in [-0.4, -0.2) is 79.5 Å². The van der Waals surface area contributed by atoms with E-state index in [4.69, 9.17) is 54.8 Å². The summed E-state index contributed by atoms with van der Waals surface area (Å²) >= 11 is 7.32. The summed E-state index contributed by atoms with van der Waals surface area (Å²) in [6.07, 6.45) is -0.694. The van der Waals surface area contributed by atoms with Gasteiger partial charge in [-0.3, -0.25) is 0 Å². The Bertz CT molecular complexity index is 2060. The van der Waals surface area contributed by atoms with Crippen molar-refractivity contribution in [2.45, 2.75) is 81.9 Å². The number of hydrogen-bond donors (Lipinski definition) is 0. The first-order valence-electron chi connectivity index (χ1n) is 21.4. The van der Waals surface area contributed by atoms with Crippen LogP contribution in [0, 0.1) is 11.8 Å². The van der Waals surface area contributed by atoms with Crippen molar-refractivity contribution in [1.29, 1.82) is 0 Å². The minimum absolute atomic E-state index is 0.191. The van der Waals surface area contributed by atoms with Crippen molar-refractivity contribution in [2.24, 2.45) is 11.8 Å². The molecular weight excluding hydrogens is 821 g/mol. The SMILES string of the molecule is CSC(=S)OC(C1OC(COCc2ccccc2)CC(OCc2ccccc2)C1OCc1ccccc1)C1C(COCc2ccccc2)C2COC1(OCc1ccccc1)CO2. The van der Waals surface area contributed by atoms with Gasteiger partial charge in [0.1, 0.15) is 24.9 Å². The van der Waals surface area contributed by atoms with Gasteiger partial charge in [0.15, 0.2) is 5.79 Å². The van der Waals surface area contributed by atoms with E-state index in [0.29, 0.717) is 63.7 Å². The summed E-state index contributed by atoms with van der Waals surface area (Å²) in [6.45, 7) is 3.10. The fourth-order valence-corrected chi connectivity index (χ4v) is 9.03. The smallest absolute Gasteiger partial charge is 0.220 e. The summed E-state index contributed by atoms with van der Waals surface area (Å²) in [7, 11) is 0. The van der Waals surface area contributed by atoms with Gasteiger partial charge in [0, 0.05) is 12.3 Å². The molecule has 5 aromatic carbocycles. The van der Waals surface area contributed by atoms with Crippen LogP contribution < -0.4 is 0 Å². The highest BCUT2D eigenvalue weighted by molar-refractivity contribution is 8.22. The summed E-state index contributed by atoms with van der Waals surface area (Å²) in [4.78, 5) is 0. The van der Waals surface area contributed by atoms with Crippen LogP contribution in [0.3, 0.4) is 0 Å². The van der Waals surface area contributed by atoms with Crippen molar-refractivity contribution in [3.8, 4) is 0 Å². The van der Waals surface area contributed by atoms with Gasteiger partial charge in [-0.05, 0) is 46.3 Å².